The summed E-state index contributed by atoms with van der Waals surface area (Å²) in [5, 5.41) is 0. The average Bonchev–Trinajstić information content (AvgIpc) is 3.16. The lowest BCUT2D eigenvalue weighted by molar-refractivity contribution is 0.0482. The van der Waals surface area contributed by atoms with Gasteiger partial charge in [-0.3, -0.25) is 4.57 Å². The van der Waals surface area contributed by atoms with Crippen molar-refractivity contribution >= 4 is 26.7 Å². The van der Waals surface area contributed by atoms with E-state index < -0.39 is 14.6 Å². The van der Waals surface area contributed by atoms with Gasteiger partial charge in [-0.2, -0.15) is 4.98 Å². The predicted molar refractivity (Wildman–Crippen MR) is 124 cm³/mol. The Balaban J connectivity index is 1.83. The number of nitrogens with zero attached hydrogens (tertiary/aromatic N) is 5. The molecule has 10 nitrogen and oxygen atoms in total. The minimum atomic E-state index is -3.54. The number of ether oxygens (including phenoxy) is 2. The summed E-state index contributed by atoms with van der Waals surface area (Å²) >= 11 is 0. The number of fused-ring (bicyclic) bond motifs is 4. The summed E-state index contributed by atoms with van der Waals surface area (Å²) in [4.78, 5) is 16.5. The Morgan fingerprint density at radius 3 is 2.64 bits per heavy atom. The highest BCUT2D eigenvalue weighted by atomic mass is 32.2. The SMILES string of the molecule is C[C@@H]1COC[C@H]2COc3c(nc(-n4c(CN)nc5ccccc54)nc3C(C)(C)S(C)(=O)=O)N21. The second-order valence-electron chi connectivity index (χ2n) is 9.12. The van der Waals surface area contributed by atoms with Crippen LogP contribution in [0.25, 0.3) is 17.0 Å². The van der Waals surface area contributed by atoms with Gasteiger partial charge in [-0.1, -0.05) is 12.1 Å². The van der Waals surface area contributed by atoms with Crippen LogP contribution in [-0.2, 0) is 25.9 Å². The van der Waals surface area contributed by atoms with Crippen LogP contribution < -0.4 is 15.4 Å². The van der Waals surface area contributed by atoms with Crippen molar-refractivity contribution in [2.75, 3.05) is 31.0 Å². The molecule has 0 saturated carbocycles. The van der Waals surface area contributed by atoms with E-state index in [0.717, 1.165) is 11.0 Å². The Bertz CT molecular complexity index is 1340. The first-order valence-corrected chi connectivity index (χ1v) is 12.8. The second kappa shape index (κ2) is 7.64. The quantitative estimate of drug-likeness (QED) is 0.602. The zero-order valence-electron chi connectivity index (χ0n) is 19.1. The van der Waals surface area contributed by atoms with Crippen molar-refractivity contribution in [3.8, 4) is 11.7 Å². The van der Waals surface area contributed by atoms with Crippen LogP contribution in [0.4, 0.5) is 5.82 Å². The van der Waals surface area contributed by atoms with E-state index in [-0.39, 0.29) is 18.6 Å². The summed E-state index contributed by atoms with van der Waals surface area (Å²) in [6.07, 6.45) is 1.21. The topological polar surface area (TPSA) is 125 Å². The highest BCUT2D eigenvalue weighted by Gasteiger charge is 2.44. The van der Waals surface area contributed by atoms with Gasteiger partial charge in [0.1, 0.15) is 22.9 Å². The number of rotatable bonds is 4. The largest absolute Gasteiger partial charge is 0.486 e. The van der Waals surface area contributed by atoms with E-state index in [1.54, 1.807) is 18.4 Å². The van der Waals surface area contributed by atoms with E-state index in [4.69, 9.17) is 25.2 Å². The molecule has 176 valence electrons. The zero-order chi connectivity index (χ0) is 23.5. The van der Waals surface area contributed by atoms with Crippen molar-refractivity contribution in [3.05, 3.63) is 35.8 Å². The number of aromatic nitrogens is 4. The summed E-state index contributed by atoms with van der Waals surface area (Å²) in [6.45, 7) is 6.94. The van der Waals surface area contributed by atoms with E-state index in [2.05, 4.69) is 16.8 Å². The minimum Gasteiger partial charge on any atom is -0.486 e. The molecule has 0 radical (unpaired) electrons. The lowest BCUT2D eigenvalue weighted by Crippen LogP contribution is -2.56. The van der Waals surface area contributed by atoms with Crippen LogP contribution in [0.3, 0.4) is 0 Å². The first-order chi connectivity index (χ1) is 15.6. The molecule has 0 amide bonds. The molecular weight excluding hydrogens is 444 g/mol. The van der Waals surface area contributed by atoms with E-state index >= 15 is 0 Å². The smallest absolute Gasteiger partial charge is 0.238 e. The van der Waals surface area contributed by atoms with Gasteiger partial charge in [0.25, 0.3) is 0 Å². The van der Waals surface area contributed by atoms with Gasteiger partial charge in [-0.15, -0.1) is 0 Å². The van der Waals surface area contributed by atoms with Gasteiger partial charge in [-0.25, -0.2) is 18.4 Å². The predicted octanol–water partition coefficient (Wildman–Crippen LogP) is 1.54. The van der Waals surface area contributed by atoms with Crippen LogP contribution >= 0.6 is 0 Å². The molecule has 5 rings (SSSR count). The number of nitrogens with two attached hydrogens (primary N) is 1. The van der Waals surface area contributed by atoms with E-state index in [0.29, 0.717) is 48.9 Å². The fourth-order valence-corrected chi connectivity index (χ4v) is 4.93. The average molecular weight is 473 g/mol. The van der Waals surface area contributed by atoms with Crippen LogP contribution in [0, 0.1) is 0 Å². The maximum Gasteiger partial charge on any atom is 0.238 e. The third-order valence-corrected chi connectivity index (χ3v) is 8.60. The molecule has 0 aliphatic carbocycles. The minimum absolute atomic E-state index is 0.0216. The van der Waals surface area contributed by atoms with Crippen molar-refractivity contribution in [1.82, 2.24) is 19.5 Å². The summed E-state index contributed by atoms with van der Waals surface area (Å²) in [5.74, 6) is 1.87. The van der Waals surface area contributed by atoms with Crippen molar-refractivity contribution in [3.63, 3.8) is 0 Å². The van der Waals surface area contributed by atoms with Gasteiger partial charge < -0.3 is 20.1 Å². The fourth-order valence-electron chi connectivity index (χ4n) is 4.44. The summed E-state index contributed by atoms with van der Waals surface area (Å²) in [5.41, 5.74) is 7.90. The molecule has 2 atom stereocenters. The second-order valence-corrected chi connectivity index (χ2v) is 11.7. The molecule has 4 heterocycles. The van der Waals surface area contributed by atoms with Crippen molar-refractivity contribution in [2.24, 2.45) is 5.73 Å². The Hall–Kier alpha value is -2.76. The Kier molecular flexibility index (Phi) is 5.11. The number of benzene rings is 1. The van der Waals surface area contributed by atoms with Gasteiger partial charge in [0, 0.05) is 6.26 Å². The molecule has 1 saturated heterocycles. The first kappa shape index (κ1) is 22.1. The zero-order valence-corrected chi connectivity index (χ0v) is 20.0. The van der Waals surface area contributed by atoms with Gasteiger partial charge in [-0.05, 0) is 32.9 Å². The first-order valence-electron chi connectivity index (χ1n) is 10.9. The lowest BCUT2D eigenvalue weighted by Gasteiger charge is -2.45. The molecule has 11 heteroatoms. The monoisotopic (exact) mass is 472 g/mol. The van der Waals surface area contributed by atoms with Crippen LogP contribution in [0.15, 0.2) is 24.3 Å². The van der Waals surface area contributed by atoms with Crippen molar-refractivity contribution in [2.45, 2.75) is 44.1 Å². The summed E-state index contributed by atoms with van der Waals surface area (Å²) < 4.78 is 38.0. The maximum absolute atomic E-state index is 12.8. The van der Waals surface area contributed by atoms with Gasteiger partial charge in [0.2, 0.25) is 5.95 Å². The number of para-hydroxylation sites is 2. The van der Waals surface area contributed by atoms with Crippen LogP contribution in [-0.4, -0.2) is 66.1 Å². The molecule has 0 spiro atoms. The number of hydrogen-bond acceptors (Lipinski definition) is 9. The molecular formula is C22H28N6O4S. The van der Waals surface area contributed by atoms with Gasteiger partial charge in [0.15, 0.2) is 21.4 Å². The van der Waals surface area contributed by atoms with Gasteiger partial charge in [0.05, 0.1) is 42.9 Å². The highest BCUT2D eigenvalue weighted by molar-refractivity contribution is 7.91. The molecule has 2 N–H and O–H groups in total. The molecule has 0 bridgehead atoms. The number of morpholine rings is 1. The molecule has 3 aromatic rings. The standard InChI is InChI=1S/C22H28N6O4S/c1-13-10-31-11-14-12-32-18-19(22(2,3)33(4,29)30)25-21(26-20(18)27(13)14)28-16-8-6-5-7-15(16)24-17(28)9-23/h5-8,13-14H,9-12,23H2,1-4H3/t13-,14+/m1/s1. The molecule has 33 heavy (non-hydrogen) atoms. The lowest BCUT2D eigenvalue weighted by atomic mass is 10.0. The Labute approximate surface area is 192 Å². The molecule has 2 aromatic heterocycles. The maximum atomic E-state index is 12.8. The van der Waals surface area contributed by atoms with Gasteiger partial charge >= 0.3 is 0 Å². The summed E-state index contributed by atoms with van der Waals surface area (Å²) in [6, 6.07) is 7.64. The molecule has 1 fully saturated rings. The molecule has 0 unspecified atom stereocenters. The van der Waals surface area contributed by atoms with Crippen LogP contribution in [0.5, 0.6) is 5.75 Å². The number of imidazole rings is 1. The number of sulfone groups is 1. The van der Waals surface area contributed by atoms with Crippen molar-refractivity contribution < 1.29 is 17.9 Å². The molecule has 2 aliphatic heterocycles. The number of anilines is 1. The third kappa shape index (κ3) is 3.37. The summed E-state index contributed by atoms with van der Waals surface area (Å²) in [7, 11) is -3.54. The fraction of sp³-hybridized carbons (Fsp3) is 0.500. The molecule has 2 aliphatic rings. The van der Waals surface area contributed by atoms with Crippen molar-refractivity contribution in [1.29, 1.82) is 0 Å². The third-order valence-electron chi connectivity index (χ3n) is 6.55. The highest BCUT2D eigenvalue weighted by Crippen LogP contribution is 2.44. The van der Waals surface area contributed by atoms with Crippen LogP contribution in [0.1, 0.15) is 32.3 Å². The Morgan fingerprint density at radius 1 is 1.15 bits per heavy atom. The van der Waals surface area contributed by atoms with E-state index in [1.165, 1.54) is 6.26 Å². The van der Waals surface area contributed by atoms with E-state index in [9.17, 15) is 8.42 Å². The normalized spacial score (nSPS) is 20.9. The molecule has 1 aromatic carbocycles. The van der Waals surface area contributed by atoms with E-state index in [1.807, 2.05) is 24.3 Å². The Morgan fingerprint density at radius 2 is 1.91 bits per heavy atom. The number of hydrogen-bond donors (Lipinski definition) is 1. The van der Waals surface area contributed by atoms with Crippen LogP contribution in [0.2, 0.25) is 0 Å².